The molecule has 0 heterocycles. The first kappa shape index (κ1) is 31.8. The lowest BCUT2D eigenvalue weighted by atomic mass is 9.66. The van der Waals surface area contributed by atoms with Gasteiger partial charge in [0.25, 0.3) is 5.91 Å². The molecule has 2 aromatic carbocycles. The molecule has 1 saturated carbocycles. The molecule has 41 heavy (non-hydrogen) atoms. The van der Waals surface area contributed by atoms with Crippen LogP contribution in [0.25, 0.3) is 0 Å². The van der Waals surface area contributed by atoms with Crippen molar-refractivity contribution < 1.29 is 33.0 Å². The van der Waals surface area contributed by atoms with Crippen molar-refractivity contribution in [3.8, 4) is 0 Å². The number of urea groups is 1. The summed E-state index contributed by atoms with van der Waals surface area (Å²) in [6.07, 6.45) is 1.14. The van der Waals surface area contributed by atoms with Crippen LogP contribution in [0.1, 0.15) is 62.6 Å². The molecule has 0 aromatic heterocycles. The van der Waals surface area contributed by atoms with Crippen LogP contribution in [0, 0.1) is 17.0 Å². The first-order valence-corrected chi connectivity index (χ1v) is 14.0. The van der Waals surface area contributed by atoms with E-state index in [4.69, 9.17) is 4.74 Å². The van der Waals surface area contributed by atoms with E-state index in [-0.39, 0.29) is 37.1 Å². The molecule has 0 radical (unpaired) electrons. The number of nitrogens with one attached hydrogen (secondary N) is 4. The van der Waals surface area contributed by atoms with E-state index in [0.29, 0.717) is 32.2 Å². The van der Waals surface area contributed by atoms with Crippen molar-refractivity contribution in [2.45, 2.75) is 70.1 Å². The molecule has 1 aliphatic carbocycles. The second kappa shape index (κ2) is 15.3. The number of benzene rings is 2. The molecule has 0 bridgehead atoms. The van der Waals surface area contributed by atoms with Gasteiger partial charge in [-0.2, -0.15) is 0 Å². The van der Waals surface area contributed by atoms with E-state index in [1.54, 1.807) is 6.92 Å². The Morgan fingerprint density at radius 3 is 2.29 bits per heavy atom. The Morgan fingerprint density at radius 2 is 1.68 bits per heavy atom. The highest BCUT2D eigenvalue weighted by Gasteiger charge is 2.40. The van der Waals surface area contributed by atoms with Crippen molar-refractivity contribution in [1.29, 1.82) is 0 Å². The number of hydrogen-bond donors (Lipinski definition) is 5. The molecule has 224 valence electrons. The molecule has 0 spiro atoms. The van der Waals surface area contributed by atoms with Crippen LogP contribution in [0.4, 0.5) is 18.4 Å². The number of ether oxygens (including phenoxy) is 1. The summed E-state index contributed by atoms with van der Waals surface area (Å²) in [5.74, 6) is -1.92. The molecule has 3 rings (SSSR count). The molecular formula is C30H40F2N4O5. The van der Waals surface area contributed by atoms with Crippen LogP contribution in [0.15, 0.2) is 48.5 Å². The highest BCUT2D eigenvalue weighted by Crippen LogP contribution is 2.44. The molecule has 4 amide bonds. The van der Waals surface area contributed by atoms with E-state index >= 15 is 0 Å². The van der Waals surface area contributed by atoms with E-state index in [0.717, 1.165) is 12.0 Å². The SMILES string of the molecule is CNC(=O)NCCCC[C@H](NC(=O)OCC1(Cc2c(F)cccc2F)CCC1)C(O)C(=O)N[C@H](C)c1ccccc1. The standard InChI is InChI=1S/C30H40F2N4O5/c1-20(21-10-4-3-5-11-21)35-27(38)26(37)25(14-6-7-17-34-28(39)33-2)36-29(40)41-19-30(15-9-16-30)18-22-23(31)12-8-13-24(22)32/h3-5,8,10-13,20,25-26,37H,6-7,9,14-19H2,1-2H3,(H,35,38)(H,36,40)(H2,33,34,39)/t20-,25+,26?/m1/s1. The summed E-state index contributed by atoms with van der Waals surface area (Å²) >= 11 is 0. The van der Waals surface area contributed by atoms with Crippen LogP contribution >= 0.6 is 0 Å². The number of alkyl carbamates (subject to hydrolysis) is 1. The van der Waals surface area contributed by atoms with Crippen LogP contribution in [0.5, 0.6) is 0 Å². The molecule has 1 fully saturated rings. The first-order valence-electron chi connectivity index (χ1n) is 14.0. The molecule has 1 aliphatic rings. The largest absolute Gasteiger partial charge is 0.449 e. The smallest absolute Gasteiger partial charge is 0.407 e. The Labute approximate surface area is 239 Å². The van der Waals surface area contributed by atoms with Crippen molar-refractivity contribution in [3.63, 3.8) is 0 Å². The molecule has 0 aliphatic heterocycles. The van der Waals surface area contributed by atoms with Crippen molar-refractivity contribution in [2.24, 2.45) is 5.41 Å². The molecule has 11 heteroatoms. The van der Waals surface area contributed by atoms with E-state index < -0.39 is 41.2 Å². The lowest BCUT2D eigenvalue weighted by Gasteiger charge is -2.41. The summed E-state index contributed by atoms with van der Waals surface area (Å²) in [6, 6.07) is 11.3. The Bertz CT molecular complexity index is 1140. The minimum Gasteiger partial charge on any atom is -0.449 e. The third kappa shape index (κ3) is 9.41. The number of aliphatic hydroxyl groups excluding tert-OH is 1. The minimum atomic E-state index is -1.56. The lowest BCUT2D eigenvalue weighted by molar-refractivity contribution is -0.131. The fourth-order valence-corrected chi connectivity index (χ4v) is 4.93. The molecule has 9 nitrogen and oxygen atoms in total. The molecule has 5 N–H and O–H groups in total. The third-order valence-corrected chi connectivity index (χ3v) is 7.60. The van der Waals surface area contributed by atoms with Crippen LogP contribution < -0.4 is 21.3 Å². The molecular weight excluding hydrogens is 534 g/mol. The number of unbranched alkanes of at least 4 members (excludes halogenated alkanes) is 1. The zero-order valence-corrected chi connectivity index (χ0v) is 23.6. The molecule has 3 atom stereocenters. The summed E-state index contributed by atoms with van der Waals surface area (Å²) in [5.41, 5.74) is 0.246. The Morgan fingerprint density at radius 1 is 1.00 bits per heavy atom. The van der Waals surface area contributed by atoms with Gasteiger partial charge in [-0.3, -0.25) is 4.79 Å². The van der Waals surface area contributed by atoms with Gasteiger partial charge in [0.2, 0.25) is 0 Å². The maximum absolute atomic E-state index is 14.3. The normalized spacial score (nSPS) is 15.9. The van der Waals surface area contributed by atoms with Crippen molar-refractivity contribution in [2.75, 3.05) is 20.2 Å². The summed E-state index contributed by atoms with van der Waals surface area (Å²) in [5, 5.41) is 21.4. The van der Waals surface area contributed by atoms with Crippen LogP contribution in [0.3, 0.4) is 0 Å². The zero-order chi connectivity index (χ0) is 29.8. The van der Waals surface area contributed by atoms with Crippen LogP contribution in [-0.2, 0) is 16.0 Å². The first-order chi connectivity index (χ1) is 19.6. The average molecular weight is 575 g/mol. The fraction of sp³-hybridized carbons (Fsp3) is 0.500. The second-order valence-electron chi connectivity index (χ2n) is 10.6. The zero-order valence-electron chi connectivity index (χ0n) is 23.6. The number of carbonyl (C=O) groups is 3. The van der Waals surface area contributed by atoms with Gasteiger partial charge in [0.15, 0.2) is 6.10 Å². The van der Waals surface area contributed by atoms with E-state index in [1.807, 2.05) is 30.3 Å². The maximum Gasteiger partial charge on any atom is 0.407 e. The van der Waals surface area contributed by atoms with Crippen LogP contribution in [-0.4, -0.2) is 55.5 Å². The Hall–Kier alpha value is -3.73. The number of amides is 4. The summed E-state index contributed by atoms with van der Waals surface area (Å²) in [7, 11) is 1.51. The Kier molecular flexibility index (Phi) is 11.9. The van der Waals surface area contributed by atoms with Crippen molar-refractivity contribution >= 4 is 18.0 Å². The van der Waals surface area contributed by atoms with Gasteiger partial charge in [0, 0.05) is 24.6 Å². The van der Waals surface area contributed by atoms with E-state index in [2.05, 4.69) is 21.3 Å². The number of aliphatic hydroxyl groups is 1. The average Bonchev–Trinajstić information content (AvgIpc) is 2.94. The summed E-state index contributed by atoms with van der Waals surface area (Å²) in [6.45, 7) is 2.11. The minimum absolute atomic E-state index is 0.0286. The van der Waals surface area contributed by atoms with Gasteiger partial charge in [-0.05, 0) is 63.1 Å². The van der Waals surface area contributed by atoms with Gasteiger partial charge in [0.05, 0.1) is 18.7 Å². The van der Waals surface area contributed by atoms with Gasteiger partial charge in [0.1, 0.15) is 11.6 Å². The van der Waals surface area contributed by atoms with Crippen LogP contribution in [0.2, 0.25) is 0 Å². The maximum atomic E-state index is 14.3. The highest BCUT2D eigenvalue weighted by molar-refractivity contribution is 5.82. The second-order valence-corrected chi connectivity index (χ2v) is 10.6. The molecule has 0 saturated heterocycles. The van der Waals surface area contributed by atoms with E-state index in [1.165, 1.54) is 25.2 Å². The number of halogens is 2. The van der Waals surface area contributed by atoms with Gasteiger partial charge >= 0.3 is 12.1 Å². The third-order valence-electron chi connectivity index (χ3n) is 7.60. The van der Waals surface area contributed by atoms with Gasteiger partial charge in [-0.1, -0.05) is 42.8 Å². The lowest BCUT2D eigenvalue weighted by Crippen LogP contribution is -2.51. The monoisotopic (exact) mass is 574 g/mol. The highest BCUT2D eigenvalue weighted by atomic mass is 19.1. The summed E-state index contributed by atoms with van der Waals surface area (Å²) < 4.78 is 34.0. The molecule has 2 aromatic rings. The van der Waals surface area contributed by atoms with Crippen molar-refractivity contribution in [3.05, 3.63) is 71.3 Å². The number of carbonyl (C=O) groups excluding carboxylic acids is 3. The number of hydrogen-bond acceptors (Lipinski definition) is 5. The van der Waals surface area contributed by atoms with Gasteiger partial charge in [-0.25, -0.2) is 18.4 Å². The topological polar surface area (TPSA) is 129 Å². The summed E-state index contributed by atoms with van der Waals surface area (Å²) in [4.78, 5) is 37.1. The van der Waals surface area contributed by atoms with Gasteiger partial charge < -0.3 is 31.1 Å². The molecule has 1 unspecified atom stereocenters. The predicted molar refractivity (Wildman–Crippen MR) is 150 cm³/mol. The van der Waals surface area contributed by atoms with Crippen molar-refractivity contribution in [1.82, 2.24) is 21.3 Å². The predicted octanol–water partition coefficient (Wildman–Crippen LogP) is 4.11. The van der Waals surface area contributed by atoms with Gasteiger partial charge in [-0.15, -0.1) is 0 Å². The quantitative estimate of drug-likeness (QED) is 0.217. The fourth-order valence-electron chi connectivity index (χ4n) is 4.93. The number of rotatable bonds is 14. The van der Waals surface area contributed by atoms with E-state index in [9.17, 15) is 28.3 Å². The Balaban J connectivity index is 1.60.